The molecule has 1 atom stereocenters. The Balaban J connectivity index is 1.89. The average Bonchev–Trinajstić information content (AvgIpc) is 2.67. The van der Waals surface area contributed by atoms with Crippen LogP contribution in [-0.2, 0) is 0 Å². The Morgan fingerprint density at radius 2 is 2.12 bits per heavy atom. The molecule has 6 heteroatoms. The van der Waals surface area contributed by atoms with Crippen LogP contribution in [0.25, 0.3) is 0 Å². The molecule has 1 unspecified atom stereocenters. The van der Waals surface area contributed by atoms with Crippen LogP contribution >= 0.6 is 0 Å². The molecule has 1 fully saturated rings. The van der Waals surface area contributed by atoms with Crippen LogP contribution in [0.5, 0.6) is 5.75 Å². The van der Waals surface area contributed by atoms with Gasteiger partial charge in [-0.15, -0.1) is 0 Å². The van der Waals surface area contributed by atoms with Gasteiger partial charge < -0.3 is 25.4 Å². The Kier molecular flexibility index (Phi) is 8.71. The van der Waals surface area contributed by atoms with Gasteiger partial charge in [-0.3, -0.25) is 4.99 Å². The molecular formula is C20H34N4O2. The van der Waals surface area contributed by atoms with E-state index in [9.17, 15) is 5.11 Å². The van der Waals surface area contributed by atoms with Crippen molar-refractivity contribution in [3.63, 3.8) is 0 Å². The van der Waals surface area contributed by atoms with Gasteiger partial charge in [-0.2, -0.15) is 0 Å². The zero-order valence-corrected chi connectivity index (χ0v) is 16.4. The smallest absolute Gasteiger partial charge is 0.191 e. The second kappa shape index (κ2) is 11.0. The van der Waals surface area contributed by atoms with E-state index < -0.39 is 6.10 Å². The molecule has 1 aliphatic rings. The van der Waals surface area contributed by atoms with E-state index in [1.807, 2.05) is 24.3 Å². The molecule has 0 saturated carbocycles. The van der Waals surface area contributed by atoms with Gasteiger partial charge in [0.2, 0.25) is 0 Å². The molecule has 146 valence electrons. The van der Waals surface area contributed by atoms with E-state index in [-0.39, 0.29) is 0 Å². The Morgan fingerprint density at radius 1 is 1.35 bits per heavy atom. The summed E-state index contributed by atoms with van der Waals surface area (Å²) in [5.41, 5.74) is 0.817. The third-order valence-electron chi connectivity index (χ3n) is 4.71. The van der Waals surface area contributed by atoms with E-state index in [0.717, 1.165) is 49.7 Å². The summed E-state index contributed by atoms with van der Waals surface area (Å²) in [6.07, 6.45) is 2.82. The predicted octanol–water partition coefficient (Wildman–Crippen LogP) is 2.16. The normalized spacial score (nSPS) is 17.8. The number of hydrogen-bond donors (Lipinski definition) is 3. The van der Waals surface area contributed by atoms with Crippen molar-refractivity contribution in [2.24, 2.45) is 4.99 Å². The SMILES string of the molecule is CCCN1CCC(NC(=NCC(O)c2cccc(OC)c2)NCC)CC1. The highest BCUT2D eigenvalue weighted by Gasteiger charge is 2.19. The number of guanidine groups is 1. The van der Waals surface area contributed by atoms with Crippen molar-refractivity contribution < 1.29 is 9.84 Å². The van der Waals surface area contributed by atoms with Gasteiger partial charge in [-0.05, 0) is 50.4 Å². The van der Waals surface area contributed by atoms with E-state index in [4.69, 9.17) is 4.74 Å². The number of hydrogen-bond acceptors (Lipinski definition) is 4. The van der Waals surface area contributed by atoms with Crippen molar-refractivity contribution in [2.75, 3.05) is 39.8 Å². The topological polar surface area (TPSA) is 69.1 Å². The fourth-order valence-electron chi connectivity index (χ4n) is 3.26. The molecule has 2 rings (SSSR count). The van der Waals surface area contributed by atoms with Crippen molar-refractivity contribution in [2.45, 2.75) is 45.3 Å². The summed E-state index contributed by atoms with van der Waals surface area (Å²) in [6.45, 7) is 8.86. The Hall–Kier alpha value is -1.79. The van der Waals surface area contributed by atoms with Crippen LogP contribution in [0.1, 0.15) is 44.8 Å². The molecule has 0 spiro atoms. The van der Waals surface area contributed by atoms with Crippen LogP contribution < -0.4 is 15.4 Å². The first-order valence-corrected chi connectivity index (χ1v) is 9.75. The van der Waals surface area contributed by atoms with E-state index in [1.165, 1.54) is 13.0 Å². The summed E-state index contributed by atoms with van der Waals surface area (Å²) in [6, 6.07) is 7.94. The van der Waals surface area contributed by atoms with Crippen molar-refractivity contribution in [3.05, 3.63) is 29.8 Å². The predicted molar refractivity (Wildman–Crippen MR) is 107 cm³/mol. The fraction of sp³-hybridized carbons (Fsp3) is 0.650. The quantitative estimate of drug-likeness (QED) is 0.488. The first-order chi connectivity index (χ1) is 12.7. The summed E-state index contributed by atoms with van der Waals surface area (Å²) in [4.78, 5) is 7.11. The third kappa shape index (κ3) is 6.50. The monoisotopic (exact) mass is 362 g/mol. The molecule has 1 aromatic rings. The Morgan fingerprint density at radius 3 is 2.77 bits per heavy atom. The number of methoxy groups -OCH3 is 1. The molecule has 1 saturated heterocycles. The summed E-state index contributed by atoms with van der Waals surface area (Å²) in [7, 11) is 1.63. The lowest BCUT2D eigenvalue weighted by Crippen LogP contribution is -2.48. The molecule has 6 nitrogen and oxygen atoms in total. The highest BCUT2D eigenvalue weighted by molar-refractivity contribution is 5.80. The number of nitrogens with one attached hydrogen (secondary N) is 2. The van der Waals surface area contributed by atoms with Gasteiger partial charge in [0.05, 0.1) is 19.8 Å². The van der Waals surface area contributed by atoms with Gasteiger partial charge in [0, 0.05) is 25.7 Å². The molecule has 0 aromatic heterocycles. The number of aliphatic hydroxyl groups is 1. The average molecular weight is 363 g/mol. The summed E-state index contributed by atoms with van der Waals surface area (Å²) >= 11 is 0. The van der Waals surface area contributed by atoms with Crippen LogP contribution in [0.3, 0.4) is 0 Å². The maximum absolute atomic E-state index is 10.4. The van der Waals surface area contributed by atoms with E-state index >= 15 is 0 Å². The molecule has 1 heterocycles. The standard InChI is InChI=1S/C20H34N4O2/c1-4-11-24-12-9-17(10-13-24)23-20(21-5-2)22-15-19(25)16-7-6-8-18(14-16)26-3/h6-8,14,17,19,25H,4-5,9-13,15H2,1-3H3,(H2,21,22,23). The molecule has 0 bridgehead atoms. The molecule has 1 aromatic carbocycles. The fourth-order valence-corrected chi connectivity index (χ4v) is 3.26. The number of piperidine rings is 1. The zero-order chi connectivity index (χ0) is 18.8. The van der Waals surface area contributed by atoms with E-state index in [1.54, 1.807) is 7.11 Å². The van der Waals surface area contributed by atoms with Crippen LogP contribution in [0.4, 0.5) is 0 Å². The summed E-state index contributed by atoms with van der Waals surface area (Å²) in [5.74, 6) is 1.53. The highest BCUT2D eigenvalue weighted by atomic mass is 16.5. The van der Waals surface area contributed by atoms with Gasteiger partial charge in [-0.1, -0.05) is 19.1 Å². The van der Waals surface area contributed by atoms with E-state index in [2.05, 4.69) is 34.4 Å². The maximum Gasteiger partial charge on any atom is 0.191 e. The highest BCUT2D eigenvalue weighted by Crippen LogP contribution is 2.19. The van der Waals surface area contributed by atoms with Crippen LogP contribution in [0, 0.1) is 0 Å². The number of ether oxygens (including phenoxy) is 1. The number of likely N-dealkylation sites (tertiary alicyclic amines) is 1. The Bertz CT molecular complexity index is 556. The molecule has 0 radical (unpaired) electrons. The van der Waals surface area contributed by atoms with Crippen molar-refractivity contribution in [1.82, 2.24) is 15.5 Å². The van der Waals surface area contributed by atoms with E-state index in [0.29, 0.717) is 12.6 Å². The van der Waals surface area contributed by atoms with Crippen LogP contribution in [-0.4, -0.2) is 61.8 Å². The molecular weight excluding hydrogens is 328 g/mol. The lowest BCUT2D eigenvalue weighted by atomic mass is 10.1. The van der Waals surface area contributed by atoms with Gasteiger partial charge in [0.15, 0.2) is 5.96 Å². The second-order valence-corrected chi connectivity index (χ2v) is 6.77. The lowest BCUT2D eigenvalue weighted by Gasteiger charge is -2.32. The number of aliphatic imine (C=N–C) groups is 1. The maximum atomic E-state index is 10.4. The van der Waals surface area contributed by atoms with Gasteiger partial charge in [0.25, 0.3) is 0 Å². The first-order valence-electron chi connectivity index (χ1n) is 9.75. The van der Waals surface area contributed by atoms with Crippen molar-refractivity contribution in [3.8, 4) is 5.75 Å². The largest absolute Gasteiger partial charge is 0.497 e. The first kappa shape index (κ1) is 20.5. The van der Waals surface area contributed by atoms with Crippen molar-refractivity contribution >= 4 is 5.96 Å². The number of rotatable bonds is 8. The minimum atomic E-state index is -0.646. The zero-order valence-electron chi connectivity index (χ0n) is 16.4. The lowest BCUT2D eigenvalue weighted by molar-refractivity contribution is 0.186. The van der Waals surface area contributed by atoms with Gasteiger partial charge >= 0.3 is 0 Å². The number of benzene rings is 1. The summed E-state index contributed by atoms with van der Waals surface area (Å²) in [5, 5.41) is 17.2. The Labute approximate surface area is 157 Å². The molecule has 0 aliphatic carbocycles. The second-order valence-electron chi connectivity index (χ2n) is 6.77. The summed E-state index contributed by atoms with van der Waals surface area (Å²) < 4.78 is 5.22. The third-order valence-corrected chi connectivity index (χ3v) is 4.71. The molecule has 1 aliphatic heterocycles. The molecule has 26 heavy (non-hydrogen) atoms. The van der Waals surface area contributed by atoms with Crippen LogP contribution in [0.15, 0.2) is 29.3 Å². The molecule has 0 amide bonds. The van der Waals surface area contributed by atoms with Crippen LogP contribution in [0.2, 0.25) is 0 Å². The number of nitrogens with zero attached hydrogens (tertiary/aromatic N) is 2. The van der Waals surface area contributed by atoms with Gasteiger partial charge in [-0.25, -0.2) is 0 Å². The van der Waals surface area contributed by atoms with Gasteiger partial charge in [0.1, 0.15) is 5.75 Å². The molecule has 3 N–H and O–H groups in total. The van der Waals surface area contributed by atoms with Crippen molar-refractivity contribution in [1.29, 1.82) is 0 Å². The minimum Gasteiger partial charge on any atom is -0.497 e. The minimum absolute atomic E-state index is 0.317. The number of aliphatic hydroxyl groups excluding tert-OH is 1.